The summed E-state index contributed by atoms with van der Waals surface area (Å²) in [6, 6.07) is 0. The van der Waals surface area contributed by atoms with E-state index in [1.165, 1.54) is 0 Å². The number of nitrogens with two attached hydrogens (primary N) is 1. The van der Waals surface area contributed by atoms with Crippen LogP contribution in [0.1, 0.15) is 47.2 Å². The number of hydrogen-bond acceptors (Lipinski definition) is 3. The predicted octanol–water partition coefficient (Wildman–Crippen LogP) is 3.28. The highest BCUT2D eigenvalue weighted by molar-refractivity contribution is 7.11. The smallest absolute Gasteiger partial charge is 0.326 e. The average molecular weight is 250 g/mol. The third kappa shape index (κ3) is 2.22. The average Bonchev–Trinajstić information content (AvgIpc) is 2.85. The number of nitrogens with zero attached hydrogens (tertiary/aromatic N) is 1. The van der Waals surface area contributed by atoms with Crippen molar-refractivity contribution in [2.45, 2.75) is 44.3 Å². The fourth-order valence-corrected chi connectivity index (χ4v) is 3.21. The summed E-state index contributed by atoms with van der Waals surface area (Å²) in [4.78, 5) is 3.91. The van der Waals surface area contributed by atoms with Gasteiger partial charge in [0.25, 0.3) is 0 Å². The SMILES string of the molecule is NCc1sc(C2CCCC2)nc1C(F)(F)F. The quantitative estimate of drug-likeness (QED) is 0.874. The van der Waals surface area contributed by atoms with E-state index in [-0.39, 0.29) is 17.3 Å². The van der Waals surface area contributed by atoms with Crippen LogP contribution in [0.3, 0.4) is 0 Å². The van der Waals surface area contributed by atoms with Gasteiger partial charge >= 0.3 is 6.18 Å². The highest BCUT2D eigenvalue weighted by Crippen LogP contribution is 2.40. The molecule has 0 spiro atoms. The van der Waals surface area contributed by atoms with Crippen molar-refractivity contribution < 1.29 is 13.2 Å². The fraction of sp³-hybridized carbons (Fsp3) is 0.700. The highest BCUT2D eigenvalue weighted by Gasteiger charge is 2.38. The van der Waals surface area contributed by atoms with Crippen LogP contribution in [0, 0.1) is 0 Å². The molecule has 2 nitrogen and oxygen atoms in total. The first kappa shape index (κ1) is 11.9. The van der Waals surface area contributed by atoms with Gasteiger partial charge < -0.3 is 5.73 Å². The molecule has 2 rings (SSSR count). The van der Waals surface area contributed by atoms with Gasteiger partial charge in [0, 0.05) is 12.5 Å². The molecule has 1 aliphatic carbocycles. The van der Waals surface area contributed by atoms with Crippen molar-refractivity contribution in [1.29, 1.82) is 0 Å². The van der Waals surface area contributed by atoms with Crippen LogP contribution in [0.15, 0.2) is 0 Å². The Morgan fingerprint density at radius 1 is 1.31 bits per heavy atom. The Labute approximate surface area is 95.7 Å². The molecule has 0 bridgehead atoms. The number of halogens is 3. The molecule has 16 heavy (non-hydrogen) atoms. The molecule has 1 heterocycles. The second-order valence-corrected chi connectivity index (χ2v) is 5.12. The summed E-state index contributed by atoms with van der Waals surface area (Å²) in [5.41, 5.74) is 4.55. The normalized spacial score (nSPS) is 18.2. The molecule has 0 aromatic carbocycles. The van der Waals surface area contributed by atoms with Crippen LogP contribution in [-0.2, 0) is 12.7 Å². The zero-order chi connectivity index (χ0) is 11.8. The fourth-order valence-electron chi connectivity index (χ4n) is 2.08. The molecule has 0 aliphatic heterocycles. The van der Waals surface area contributed by atoms with Gasteiger partial charge in [-0.3, -0.25) is 0 Å². The number of hydrogen-bond donors (Lipinski definition) is 1. The van der Waals surface area contributed by atoms with Gasteiger partial charge in [-0.2, -0.15) is 13.2 Å². The molecule has 1 aliphatic rings. The van der Waals surface area contributed by atoms with Crippen molar-refractivity contribution in [3.8, 4) is 0 Å². The Balaban J connectivity index is 2.31. The standard InChI is InChI=1S/C10H13F3N2S/c11-10(12,13)8-7(5-14)16-9(15-8)6-3-1-2-4-6/h6H,1-5,14H2. The largest absolute Gasteiger partial charge is 0.434 e. The van der Waals surface area contributed by atoms with E-state index < -0.39 is 11.9 Å². The maximum atomic E-state index is 12.6. The molecular weight excluding hydrogens is 237 g/mol. The van der Waals surface area contributed by atoms with Crippen molar-refractivity contribution in [2.75, 3.05) is 0 Å². The summed E-state index contributed by atoms with van der Waals surface area (Å²) < 4.78 is 37.9. The number of alkyl halides is 3. The van der Waals surface area contributed by atoms with Crippen LogP contribution in [0.5, 0.6) is 0 Å². The van der Waals surface area contributed by atoms with E-state index >= 15 is 0 Å². The summed E-state index contributed by atoms with van der Waals surface area (Å²) in [6.07, 6.45) is -0.293. The van der Waals surface area contributed by atoms with Gasteiger partial charge in [-0.15, -0.1) is 11.3 Å². The van der Waals surface area contributed by atoms with E-state index in [0.717, 1.165) is 37.0 Å². The van der Waals surface area contributed by atoms with Gasteiger partial charge in [-0.05, 0) is 12.8 Å². The maximum Gasteiger partial charge on any atom is 0.434 e. The third-order valence-electron chi connectivity index (χ3n) is 2.87. The lowest BCUT2D eigenvalue weighted by Crippen LogP contribution is -2.10. The van der Waals surface area contributed by atoms with Gasteiger partial charge in [0.05, 0.1) is 9.88 Å². The van der Waals surface area contributed by atoms with E-state index in [4.69, 9.17) is 5.73 Å². The van der Waals surface area contributed by atoms with E-state index in [2.05, 4.69) is 4.98 Å². The lowest BCUT2D eigenvalue weighted by atomic mass is 10.1. The minimum atomic E-state index is -4.37. The Hall–Kier alpha value is -0.620. The Kier molecular flexibility index (Phi) is 3.21. The molecule has 1 saturated carbocycles. The Morgan fingerprint density at radius 3 is 2.38 bits per heavy atom. The van der Waals surface area contributed by atoms with Gasteiger partial charge in [0.1, 0.15) is 0 Å². The lowest BCUT2D eigenvalue weighted by Gasteiger charge is -2.04. The van der Waals surface area contributed by atoms with Crippen molar-refractivity contribution in [2.24, 2.45) is 5.73 Å². The summed E-state index contributed by atoms with van der Waals surface area (Å²) >= 11 is 1.13. The molecule has 0 unspecified atom stereocenters. The second-order valence-electron chi connectivity index (χ2n) is 4.01. The topological polar surface area (TPSA) is 38.9 Å². The number of aromatic nitrogens is 1. The van der Waals surface area contributed by atoms with Crippen LogP contribution in [0.25, 0.3) is 0 Å². The molecule has 6 heteroatoms. The van der Waals surface area contributed by atoms with Crippen molar-refractivity contribution >= 4 is 11.3 Å². The van der Waals surface area contributed by atoms with Crippen LogP contribution in [-0.4, -0.2) is 4.98 Å². The van der Waals surface area contributed by atoms with E-state index in [0.29, 0.717) is 5.01 Å². The molecule has 0 saturated heterocycles. The van der Waals surface area contributed by atoms with Crippen LogP contribution in [0.4, 0.5) is 13.2 Å². The summed E-state index contributed by atoms with van der Waals surface area (Å²) in [5.74, 6) is 0.214. The maximum absolute atomic E-state index is 12.6. The number of thiazole rings is 1. The highest BCUT2D eigenvalue weighted by atomic mass is 32.1. The minimum absolute atomic E-state index is 0.0841. The molecule has 0 amide bonds. The summed E-state index contributed by atoms with van der Waals surface area (Å²) in [6.45, 7) is -0.0841. The van der Waals surface area contributed by atoms with E-state index in [1.807, 2.05) is 0 Å². The van der Waals surface area contributed by atoms with Crippen LogP contribution < -0.4 is 5.73 Å². The summed E-state index contributed by atoms with van der Waals surface area (Å²) in [7, 11) is 0. The van der Waals surface area contributed by atoms with Crippen LogP contribution in [0.2, 0.25) is 0 Å². The zero-order valence-corrected chi connectivity index (χ0v) is 9.50. The monoisotopic (exact) mass is 250 g/mol. The third-order valence-corrected chi connectivity index (χ3v) is 4.11. The molecule has 2 N–H and O–H groups in total. The lowest BCUT2D eigenvalue weighted by molar-refractivity contribution is -0.141. The van der Waals surface area contributed by atoms with Crippen LogP contribution >= 0.6 is 11.3 Å². The first-order chi connectivity index (χ1) is 7.52. The predicted molar refractivity (Wildman–Crippen MR) is 56.2 cm³/mol. The number of rotatable bonds is 2. The van der Waals surface area contributed by atoms with Gasteiger partial charge in [0.2, 0.25) is 0 Å². The van der Waals surface area contributed by atoms with Gasteiger partial charge in [-0.25, -0.2) is 4.98 Å². The minimum Gasteiger partial charge on any atom is -0.326 e. The zero-order valence-electron chi connectivity index (χ0n) is 8.68. The van der Waals surface area contributed by atoms with E-state index in [1.54, 1.807) is 0 Å². The molecule has 90 valence electrons. The molecular formula is C10H13F3N2S. The van der Waals surface area contributed by atoms with E-state index in [9.17, 15) is 13.2 Å². The second kappa shape index (κ2) is 4.33. The molecule has 1 aromatic rings. The summed E-state index contributed by atoms with van der Waals surface area (Å²) in [5, 5.41) is 0.616. The van der Waals surface area contributed by atoms with Gasteiger partial charge in [-0.1, -0.05) is 12.8 Å². The molecule has 0 atom stereocenters. The first-order valence-electron chi connectivity index (χ1n) is 5.29. The van der Waals surface area contributed by atoms with Crippen molar-refractivity contribution in [3.05, 3.63) is 15.6 Å². The molecule has 0 radical (unpaired) electrons. The van der Waals surface area contributed by atoms with Gasteiger partial charge in [0.15, 0.2) is 5.69 Å². The molecule has 1 aromatic heterocycles. The van der Waals surface area contributed by atoms with Crippen molar-refractivity contribution in [3.63, 3.8) is 0 Å². The first-order valence-corrected chi connectivity index (χ1v) is 6.11. The Morgan fingerprint density at radius 2 is 1.94 bits per heavy atom. The Bertz CT molecular complexity index is 367. The molecule has 1 fully saturated rings. The van der Waals surface area contributed by atoms with Crippen molar-refractivity contribution in [1.82, 2.24) is 4.98 Å².